The fourth-order valence-corrected chi connectivity index (χ4v) is 2.54. The Morgan fingerprint density at radius 1 is 1.29 bits per heavy atom. The highest BCUT2D eigenvalue weighted by molar-refractivity contribution is 5.79. The van der Waals surface area contributed by atoms with E-state index < -0.39 is 0 Å². The largest absolute Gasteiger partial charge is 0.382 e. The van der Waals surface area contributed by atoms with Crippen molar-refractivity contribution in [3.05, 3.63) is 11.6 Å². The summed E-state index contributed by atoms with van der Waals surface area (Å²) < 4.78 is 17.4. The molecule has 1 aromatic heterocycles. The Morgan fingerprint density at radius 3 is 2.92 bits per heavy atom. The molecule has 0 amide bonds. The number of guanidine groups is 1. The van der Waals surface area contributed by atoms with Crippen LogP contribution in [0.15, 0.2) is 4.99 Å². The Kier molecular flexibility index (Phi) is 7.93. The van der Waals surface area contributed by atoms with Crippen LogP contribution in [-0.2, 0) is 33.8 Å². The van der Waals surface area contributed by atoms with Gasteiger partial charge in [0.1, 0.15) is 12.4 Å². The van der Waals surface area contributed by atoms with Gasteiger partial charge in [0.15, 0.2) is 11.8 Å². The van der Waals surface area contributed by atoms with Crippen LogP contribution in [0.4, 0.5) is 0 Å². The van der Waals surface area contributed by atoms with Crippen LogP contribution in [0.5, 0.6) is 0 Å². The number of nitrogens with zero attached hydrogens (tertiary/aromatic N) is 4. The Morgan fingerprint density at radius 2 is 2.17 bits per heavy atom. The number of hydrogen-bond acceptors (Lipinski definition) is 6. The summed E-state index contributed by atoms with van der Waals surface area (Å²) >= 11 is 0. The van der Waals surface area contributed by atoms with Gasteiger partial charge < -0.3 is 24.8 Å². The highest BCUT2D eigenvalue weighted by Crippen LogP contribution is 2.13. The summed E-state index contributed by atoms with van der Waals surface area (Å²) in [5.41, 5.74) is 0. The number of methoxy groups -OCH3 is 2. The van der Waals surface area contributed by atoms with Crippen molar-refractivity contribution in [1.29, 1.82) is 0 Å². The first-order valence-electron chi connectivity index (χ1n) is 8.22. The summed E-state index contributed by atoms with van der Waals surface area (Å²) in [6.45, 7) is 3.75. The molecule has 1 unspecified atom stereocenters. The lowest BCUT2D eigenvalue weighted by atomic mass is 10.1. The number of aryl methyl sites for hydroxylation is 1. The monoisotopic (exact) mass is 340 g/mol. The SMILES string of the molecule is CN=C(NCCOCCOC)NC1CCc2nc(COC)nn2C1. The van der Waals surface area contributed by atoms with Crippen LogP contribution in [-0.4, -0.2) is 74.4 Å². The van der Waals surface area contributed by atoms with E-state index in [1.54, 1.807) is 21.3 Å². The second-order valence-corrected chi connectivity index (χ2v) is 5.54. The molecule has 0 fully saturated rings. The molecule has 0 saturated carbocycles. The van der Waals surface area contributed by atoms with Gasteiger partial charge in [-0.15, -0.1) is 0 Å². The van der Waals surface area contributed by atoms with E-state index in [0.29, 0.717) is 33.0 Å². The molecule has 2 rings (SSSR count). The van der Waals surface area contributed by atoms with Crippen LogP contribution in [0.1, 0.15) is 18.1 Å². The van der Waals surface area contributed by atoms with E-state index in [2.05, 4.69) is 25.7 Å². The molecule has 0 aliphatic carbocycles. The van der Waals surface area contributed by atoms with Crippen LogP contribution in [0, 0.1) is 0 Å². The second-order valence-electron chi connectivity index (χ2n) is 5.54. The summed E-state index contributed by atoms with van der Waals surface area (Å²) in [6.07, 6.45) is 1.89. The van der Waals surface area contributed by atoms with Crippen LogP contribution in [0.3, 0.4) is 0 Å². The van der Waals surface area contributed by atoms with Gasteiger partial charge in [-0.25, -0.2) is 9.67 Å². The van der Waals surface area contributed by atoms with E-state index in [-0.39, 0.29) is 6.04 Å². The molecule has 0 spiro atoms. The van der Waals surface area contributed by atoms with Crippen molar-refractivity contribution >= 4 is 5.96 Å². The zero-order valence-corrected chi connectivity index (χ0v) is 14.7. The number of aromatic nitrogens is 3. The van der Waals surface area contributed by atoms with Crippen molar-refractivity contribution in [3.63, 3.8) is 0 Å². The van der Waals surface area contributed by atoms with Gasteiger partial charge in [-0.2, -0.15) is 5.10 Å². The summed E-state index contributed by atoms with van der Waals surface area (Å²) in [7, 11) is 5.08. The van der Waals surface area contributed by atoms with Gasteiger partial charge in [0, 0.05) is 40.3 Å². The van der Waals surface area contributed by atoms with E-state index in [4.69, 9.17) is 14.2 Å². The van der Waals surface area contributed by atoms with Crippen molar-refractivity contribution < 1.29 is 14.2 Å². The standard InChI is InChI=1S/C15H28N6O3/c1-16-15(17-6-7-24-9-8-22-2)18-12-4-5-14-19-13(11-23-3)20-21(14)10-12/h12H,4-11H2,1-3H3,(H2,16,17,18). The maximum Gasteiger partial charge on any atom is 0.191 e. The van der Waals surface area contributed by atoms with Crippen molar-refractivity contribution in [2.45, 2.75) is 32.0 Å². The highest BCUT2D eigenvalue weighted by atomic mass is 16.5. The Hall–Kier alpha value is -1.71. The summed E-state index contributed by atoms with van der Waals surface area (Å²) in [6, 6.07) is 0.273. The van der Waals surface area contributed by atoms with Gasteiger partial charge in [-0.3, -0.25) is 4.99 Å². The quantitative estimate of drug-likeness (QED) is 0.358. The number of aliphatic imine (C=N–C) groups is 1. The molecule has 136 valence electrons. The minimum absolute atomic E-state index is 0.273. The zero-order valence-electron chi connectivity index (χ0n) is 14.7. The fraction of sp³-hybridized carbons (Fsp3) is 0.800. The van der Waals surface area contributed by atoms with Crippen LogP contribution >= 0.6 is 0 Å². The number of rotatable bonds is 9. The molecule has 0 radical (unpaired) electrons. The maximum absolute atomic E-state index is 5.43. The molecule has 2 N–H and O–H groups in total. The third-order valence-electron chi connectivity index (χ3n) is 3.71. The predicted molar refractivity (Wildman–Crippen MR) is 90.0 cm³/mol. The lowest BCUT2D eigenvalue weighted by molar-refractivity contribution is 0.0733. The summed E-state index contributed by atoms with van der Waals surface area (Å²) in [4.78, 5) is 8.74. The molecule has 1 aliphatic heterocycles. The zero-order chi connectivity index (χ0) is 17.2. The molecule has 9 heteroatoms. The maximum atomic E-state index is 5.43. The first-order valence-corrected chi connectivity index (χ1v) is 8.22. The second kappa shape index (κ2) is 10.2. The smallest absolute Gasteiger partial charge is 0.191 e. The highest BCUT2D eigenvalue weighted by Gasteiger charge is 2.22. The molecule has 1 aromatic rings. The summed E-state index contributed by atoms with van der Waals surface area (Å²) in [5, 5.41) is 11.2. The molecule has 2 heterocycles. The molecular weight excluding hydrogens is 312 g/mol. The van der Waals surface area contributed by atoms with Gasteiger partial charge in [0.2, 0.25) is 0 Å². The van der Waals surface area contributed by atoms with Gasteiger partial charge in [-0.05, 0) is 6.42 Å². The third kappa shape index (κ3) is 5.73. The van der Waals surface area contributed by atoms with Crippen molar-refractivity contribution in [1.82, 2.24) is 25.4 Å². The van der Waals surface area contributed by atoms with Crippen LogP contribution < -0.4 is 10.6 Å². The van der Waals surface area contributed by atoms with Crippen LogP contribution in [0.25, 0.3) is 0 Å². The molecule has 0 aromatic carbocycles. The molecule has 9 nitrogen and oxygen atoms in total. The van der Waals surface area contributed by atoms with E-state index >= 15 is 0 Å². The Bertz CT molecular complexity index is 519. The van der Waals surface area contributed by atoms with E-state index in [9.17, 15) is 0 Å². The third-order valence-corrected chi connectivity index (χ3v) is 3.71. The first-order chi connectivity index (χ1) is 11.8. The number of fused-ring (bicyclic) bond motifs is 1. The molecule has 1 atom stereocenters. The number of ether oxygens (including phenoxy) is 3. The van der Waals surface area contributed by atoms with Gasteiger partial charge >= 0.3 is 0 Å². The molecule has 1 aliphatic rings. The minimum Gasteiger partial charge on any atom is -0.382 e. The van der Waals surface area contributed by atoms with Gasteiger partial charge in [0.05, 0.1) is 26.4 Å². The lowest BCUT2D eigenvalue weighted by Gasteiger charge is -2.25. The van der Waals surface area contributed by atoms with Crippen molar-refractivity contribution in [2.24, 2.45) is 4.99 Å². The predicted octanol–water partition coefficient (Wildman–Crippen LogP) is -0.433. The number of hydrogen-bond donors (Lipinski definition) is 2. The van der Waals surface area contributed by atoms with Gasteiger partial charge in [-0.1, -0.05) is 0 Å². The van der Waals surface area contributed by atoms with Crippen molar-refractivity contribution in [3.8, 4) is 0 Å². The first kappa shape index (κ1) is 18.6. The fourth-order valence-electron chi connectivity index (χ4n) is 2.54. The number of nitrogens with one attached hydrogen (secondary N) is 2. The normalized spacial score (nSPS) is 17.6. The molecule has 24 heavy (non-hydrogen) atoms. The summed E-state index contributed by atoms with van der Waals surface area (Å²) in [5.74, 6) is 2.54. The Balaban J connectivity index is 1.73. The van der Waals surface area contributed by atoms with Gasteiger partial charge in [0.25, 0.3) is 0 Å². The molecule has 0 bridgehead atoms. The van der Waals surface area contributed by atoms with Crippen LogP contribution in [0.2, 0.25) is 0 Å². The lowest BCUT2D eigenvalue weighted by Crippen LogP contribution is -2.47. The molecule has 0 saturated heterocycles. The molecular formula is C15H28N6O3. The van der Waals surface area contributed by atoms with E-state index in [1.165, 1.54) is 0 Å². The average Bonchev–Trinajstić information content (AvgIpc) is 2.98. The van der Waals surface area contributed by atoms with E-state index in [1.807, 2.05) is 4.68 Å². The topological polar surface area (TPSA) is 94.8 Å². The Labute approximate surface area is 142 Å². The van der Waals surface area contributed by atoms with Crippen molar-refractivity contribution in [2.75, 3.05) is 47.6 Å². The van der Waals surface area contributed by atoms with E-state index in [0.717, 1.165) is 37.0 Å². The average molecular weight is 340 g/mol. The minimum atomic E-state index is 0.273.